The molecular formula is C16H21N3OS. The summed E-state index contributed by atoms with van der Waals surface area (Å²) in [6.45, 7) is 7.11. The van der Waals surface area contributed by atoms with Crippen molar-refractivity contribution >= 4 is 22.4 Å². The van der Waals surface area contributed by atoms with E-state index >= 15 is 0 Å². The second-order valence-corrected chi connectivity index (χ2v) is 5.72. The molecule has 0 saturated carbocycles. The van der Waals surface area contributed by atoms with Crippen LogP contribution in [-0.4, -0.2) is 17.4 Å². The van der Waals surface area contributed by atoms with Gasteiger partial charge in [0.25, 0.3) is 5.91 Å². The molecule has 21 heavy (non-hydrogen) atoms. The van der Waals surface area contributed by atoms with Crippen LogP contribution in [0.5, 0.6) is 0 Å². The van der Waals surface area contributed by atoms with Gasteiger partial charge in [-0.05, 0) is 37.6 Å². The summed E-state index contributed by atoms with van der Waals surface area (Å²) in [5.41, 5.74) is 2.84. The van der Waals surface area contributed by atoms with Crippen LogP contribution in [-0.2, 0) is 6.42 Å². The van der Waals surface area contributed by atoms with E-state index in [1.807, 2.05) is 29.6 Å². The van der Waals surface area contributed by atoms with Gasteiger partial charge in [-0.1, -0.05) is 26.0 Å². The van der Waals surface area contributed by atoms with Crippen molar-refractivity contribution in [2.75, 3.05) is 11.9 Å². The average Bonchev–Trinajstić information content (AvgIpc) is 2.96. The predicted octanol–water partition coefficient (Wildman–Crippen LogP) is 3.63. The SMILES string of the molecule is CCNC(C)c1csc(NC(=O)c2ccc(CC)cc2)n1. The summed E-state index contributed by atoms with van der Waals surface area (Å²) in [6.07, 6.45) is 0.972. The molecule has 2 aromatic rings. The highest BCUT2D eigenvalue weighted by atomic mass is 32.1. The Bertz CT molecular complexity index is 592. The summed E-state index contributed by atoms with van der Waals surface area (Å²) < 4.78 is 0. The molecule has 0 saturated heterocycles. The number of aryl methyl sites for hydroxylation is 1. The van der Waals surface area contributed by atoms with Gasteiger partial charge in [-0.2, -0.15) is 0 Å². The summed E-state index contributed by atoms with van der Waals surface area (Å²) in [7, 11) is 0. The number of nitrogens with zero attached hydrogens (tertiary/aromatic N) is 1. The van der Waals surface area contributed by atoms with Crippen molar-refractivity contribution in [3.8, 4) is 0 Å². The van der Waals surface area contributed by atoms with Crippen molar-refractivity contribution in [3.63, 3.8) is 0 Å². The lowest BCUT2D eigenvalue weighted by Crippen LogP contribution is -2.18. The van der Waals surface area contributed by atoms with E-state index in [9.17, 15) is 4.79 Å². The molecule has 2 rings (SSSR count). The maximum Gasteiger partial charge on any atom is 0.257 e. The van der Waals surface area contributed by atoms with Crippen molar-refractivity contribution in [1.82, 2.24) is 10.3 Å². The van der Waals surface area contributed by atoms with Crippen molar-refractivity contribution in [2.45, 2.75) is 33.2 Å². The Balaban J connectivity index is 2.02. The summed E-state index contributed by atoms with van der Waals surface area (Å²) in [5, 5.41) is 8.77. The van der Waals surface area contributed by atoms with Crippen LogP contribution in [0.3, 0.4) is 0 Å². The zero-order chi connectivity index (χ0) is 15.2. The van der Waals surface area contributed by atoms with Crippen LogP contribution in [0.25, 0.3) is 0 Å². The van der Waals surface area contributed by atoms with Crippen LogP contribution in [0.2, 0.25) is 0 Å². The molecule has 1 heterocycles. The van der Waals surface area contributed by atoms with E-state index in [1.54, 1.807) is 0 Å². The lowest BCUT2D eigenvalue weighted by atomic mass is 10.1. The molecule has 1 atom stereocenters. The van der Waals surface area contributed by atoms with E-state index in [0.717, 1.165) is 18.7 Å². The molecule has 0 spiro atoms. The van der Waals surface area contributed by atoms with Gasteiger partial charge in [0, 0.05) is 17.0 Å². The molecule has 0 bridgehead atoms. The van der Waals surface area contributed by atoms with E-state index in [2.05, 4.69) is 36.4 Å². The van der Waals surface area contributed by atoms with E-state index in [0.29, 0.717) is 10.7 Å². The lowest BCUT2D eigenvalue weighted by molar-refractivity contribution is 0.102. The van der Waals surface area contributed by atoms with Gasteiger partial charge in [-0.25, -0.2) is 4.98 Å². The van der Waals surface area contributed by atoms with Gasteiger partial charge >= 0.3 is 0 Å². The molecule has 112 valence electrons. The Morgan fingerprint density at radius 1 is 1.29 bits per heavy atom. The first-order chi connectivity index (χ1) is 10.1. The van der Waals surface area contributed by atoms with E-state index < -0.39 is 0 Å². The maximum absolute atomic E-state index is 12.2. The van der Waals surface area contributed by atoms with Gasteiger partial charge in [0.1, 0.15) is 0 Å². The quantitative estimate of drug-likeness (QED) is 0.857. The van der Waals surface area contributed by atoms with E-state index in [-0.39, 0.29) is 11.9 Å². The number of hydrogen-bond donors (Lipinski definition) is 2. The molecule has 2 N–H and O–H groups in total. The molecular weight excluding hydrogens is 282 g/mol. The minimum atomic E-state index is -0.116. The summed E-state index contributed by atoms with van der Waals surface area (Å²) in [6, 6.07) is 7.86. The van der Waals surface area contributed by atoms with Crippen LogP contribution in [0.4, 0.5) is 5.13 Å². The first-order valence-corrected chi connectivity index (χ1v) is 8.11. The first kappa shape index (κ1) is 15.7. The van der Waals surface area contributed by atoms with Crippen LogP contribution < -0.4 is 10.6 Å². The number of thiazole rings is 1. The Labute approximate surface area is 129 Å². The van der Waals surface area contributed by atoms with Gasteiger partial charge in [-0.15, -0.1) is 11.3 Å². The highest BCUT2D eigenvalue weighted by Gasteiger charge is 2.12. The van der Waals surface area contributed by atoms with Gasteiger partial charge in [0.2, 0.25) is 0 Å². The number of rotatable bonds is 6. The lowest BCUT2D eigenvalue weighted by Gasteiger charge is -2.08. The predicted molar refractivity (Wildman–Crippen MR) is 88.0 cm³/mol. The van der Waals surface area contributed by atoms with Gasteiger partial charge in [0.15, 0.2) is 5.13 Å². The molecule has 0 radical (unpaired) electrons. The molecule has 1 amide bonds. The second kappa shape index (κ2) is 7.33. The van der Waals surface area contributed by atoms with E-state index in [1.165, 1.54) is 16.9 Å². The molecule has 0 fully saturated rings. The Hall–Kier alpha value is -1.72. The summed E-state index contributed by atoms with van der Waals surface area (Å²) in [5.74, 6) is -0.116. The van der Waals surface area contributed by atoms with Gasteiger partial charge in [0.05, 0.1) is 5.69 Å². The van der Waals surface area contributed by atoms with E-state index in [4.69, 9.17) is 0 Å². The molecule has 0 aliphatic heterocycles. The fraction of sp³-hybridized carbons (Fsp3) is 0.375. The number of amides is 1. The highest BCUT2D eigenvalue weighted by molar-refractivity contribution is 7.14. The summed E-state index contributed by atoms with van der Waals surface area (Å²) in [4.78, 5) is 16.6. The van der Waals surface area contributed by atoms with Crippen molar-refractivity contribution in [1.29, 1.82) is 0 Å². The molecule has 1 aromatic heterocycles. The molecule has 1 aromatic carbocycles. The number of hydrogen-bond acceptors (Lipinski definition) is 4. The van der Waals surface area contributed by atoms with Crippen LogP contribution in [0, 0.1) is 0 Å². The third kappa shape index (κ3) is 4.12. The monoisotopic (exact) mass is 303 g/mol. The Morgan fingerprint density at radius 3 is 2.62 bits per heavy atom. The van der Waals surface area contributed by atoms with Crippen molar-refractivity contribution < 1.29 is 4.79 Å². The fourth-order valence-corrected chi connectivity index (χ4v) is 2.81. The minimum absolute atomic E-state index is 0.116. The van der Waals surface area contributed by atoms with Gasteiger partial charge < -0.3 is 5.32 Å². The second-order valence-electron chi connectivity index (χ2n) is 4.86. The molecule has 5 heteroatoms. The third-order valence-corrected chi connectivity index (χ3v) is 4.10. The number of benzene rings is 1. The van der Waals surface area contributed by atoms with Crippen LogP contribution >= 0.6 is 11.3 Å². The fourth-order valence-electron chi connectivity index (χ4n) is 2.01. The molecule has 4 nitrogen and oxygen atoms in total. The zero-order valence-electron chi connectivity index (χ0n) is 12.6. The Kier molecular flexibility index (Phi) is 5.47. The third-order valence-electron chi connectivity index (χ3n) is 3.32. The number of anilines is 1. The van der Waals surface area contributed by atoms with Crippen LogP contribution in [0.15, 0.2) is 29.6 Å². The topological polar surface area (TPSA) is 54.0 Å². The number of nitrogens with one attached hydrogen (secondary N) is 2. The highest BCUT2D eigenvalue weighted by Crippen LogP contribution is 2.21. The largest absolute Gasteiger partial charge is 0.309 e. The molecule has 1 unspecified atom stereocenters. The summed E-state index contributed by atoms with van der Waals surface area (Å²) >= 11 is 1.45. The van der Waals surface area contributed by atoms with Crippen molar-refractivity contribution in [3.05, 3.63) is 46.5 Å². The zero-order valence-corrected chi connectivity index (χ0v) is 13.5. The number of aromatic nitrogens is 1. The number of carbonyl (C=O) groups excluding carboxylic acids is 1. The minimum Gasteiger partial charge on any atom is -0.309 e. The normalized spacial score (nSPS) is 12.1. The standard InChI is InChI=1S/C16H21N3OS/c1-4-12-6-8-13(9-7-12)15(20)19-16-18-14(10-21-16)11(3)17-5-2/h6-11,17H,4-5H2,1-3H3,(H,18,19,20). The van der Waals surface area contributed by atoms with Gasteiger partial charge in [-0.3, -0.25) is 10.1 Å². The molecule has 0 aliphatic carbocycles. The number of carbonyl (C=O) groups is 1. The van der Waals surface area contributed by atoms with Crippen LogP contribution in [0.1, 0.15) is 48.4 Å². The maximum atomic E-state index is 12.2. The molecule has 0 aliphatic rings. The smallest absolute Gasteiger partial charge is 0.257 e. The van der Waals surface area contributed by atoms with Crippen molar-refractivity contribution in [2.24, 2.45) is 0 Å². The average molecular weight is 303 g/mol. The first-order valence-electron chi connectivity index (χ1n) is 7.23. The Morgan fingerprint density at radius 2 is 2.00 bits per heavy atom.